The summed E-state index contributed by atoms with van der Waals surface area (Å²) < 4.78 is 1.70. The van der Waals surface area contributed by atoms with Gasteiger partial charge in [-0.2, -0.15) is 5.10 Å². The first kappa shape index (κ1) is 15.7. The van der Waals surface area contributed by atoms with Gasteiger partial charge in [-0.05, 0) is 19.8 Å². The molecule has 7 heteroatoms. The highest BCUT2D eigenvalue weighted by Gasteiger charge is 2.25. The fraction of sp³-hybridized carbons (Fsp3) is 0.500. The molecule has 1 unspecified atom stereocenters. The maximum Gasteiger partial charge on any atom is 0.271 e. The number of aliphatic hydroxyl groups excluding tert-OH is 1. The van der Waals surface area contributed by atoms with Gasteiger partial charge in [-0.3, -0.25) is 9.48 Å². The molecule has 0 bridgehead atoms. The van der Waals surface area contributed by atoms with Crippen molar-refractivity contribution in [1.82, 2.24) is 20.1 Å². The van der Waals surface area contributed by atoms with Crippen LogP contribution < -0.4 is 5.32 Å². The molecule has 2 rings (SSSR count). The number of amides is 1. The van der Waals surface area contributed by atoms with Crippen LogP contribution in [-0.2, 0) is 7.05 Å². The van der Waals surface area contributed by atoms with Crippen molar-refractivity contribution in [3.8, 4) is 10.6 Å². The Kier molecular flexibility index (Phi) is 4.74. The molecule has 0 aliphatic carbocycles. The van der Waals surface area contributed by atoms with E-state index < -0.39 is 5.54 Å². The van der Waals surface area contributed by atoms with Crippen LogP contribution in [0.3, 0.4) is 0 Å². The van der Waals surface area contributed by atoms with Crippen LogP contribution in [0.2, 0.25) is 0 Å². The van der Waals surface area contributed by atoms with E-state index in [1.54, 1.807) is 16.3 Å². The van der Waals surface area contributed by atoms with Crippen LogP contribution in [0, 0.1) is 0 Å². The Morgan fingerprint density at radius 1 is 1.57 bits per heavy atom. The number of carbonyl (C=O) groups is 1. The molecule has 114 valence electrons. The van der Waals surface area contributed by atoms with Crippen LogP contribution >= 0.6 is 11.3 Å². The number of hydrogen-bond donors (Lipinski definition) is 2. The second kappa shape index (κ2) is 6.36. The van der Waals surface area contributed by atoms with Gasteiger partial charge in [-0.25, -0.2) is 4.98 Å². The third kappa shape index (κ3) is 3.68. The van der Waals surface area contributed by atoms with Crippen molar-refractivity contribution in [3.05, 3.63) is 23.5 Å². The Bertz CT molecular complexity index is 622. The van der Waals surface area contributed by atoms with Crippen molar-refractivity contribution < 1.29 is 9.90 Å². The van der Waals surface area contributed by atoms with E-state index in [1.807, 2.05) is 27.1 Å². The van der Waals surface area contributed by atoms with Crippen molar-refractivity contribution in [2.75, 3.05) is 6.61 Å². The molecule has 21 heavy (non-hydrogen) atoms. The number of aryl methyl sites for hydroxylation is 1. The Hall–Kier alpha value is -1.73. The molecule has 0 radical (unpaired) electrons. The van der Waals surface area contributed by atoms with Crippen molar-refractivity contribution in [3.63, 3.8) is 0 Å². The lowest BCUT2D eigenvalue weighted by molar-refractivity contribution is 0.0882. The minimum atomic E-state index is -0.413. The molecule has 0 fully saturated rings. The van der Waals surface area contributed by atoms with E-state index in [-0.39, 0.29) is 12.5 Å². The molecule has 0 aromatic carbocycles. The van der Waals surface area contributed by atoms with E-state index in [2.05, 4.69) is 15.4 Å². The van der Waals surface area contributed by atoms with Gasteiger partial charge < -0.3 is 10.4 Å². The highest BCUT2D eigenvalue weighted by Crippen LogP contribution is 2.23. The SMILES string of the molecule is CCC(C)(CCO)NC(=O)c1csc(-c2cnn(C)c2)n1. The maximum atomic E-state index is 12.3. The van der Waals surface area contributed by atoms with Gasteiger partial charge in [0.05, 0.1) is 6.20 Å². The van der Waals surface area contributed by atoms with E-state index in [0.29, 0.717) is 12.1 Å². The normalized spacial score (nSPS) is 13.9. The number of rotatable bonds is 6. The fourth-order valence-electron chi connectivity index (χ4n) is 1.95. The Balaban J connectivity index is 2.12. The number of nitrogens with zero attached hydrogens (tertiary/aromatic N) is 3. The minimum Gasteiger partial charge on any atom is -0.396 e. The average molecular weight is 308 g/mol. The number of aromatic nitrogens is 3. The van der Waals surface area contributed by atoms with Gasteiger partial charge in [0.1, 0.15) is 10.7 Å². The minimum absolute atomic E-state index is 0.0443. The molecular formula is C14H20N4O2S. The van der Waals surface area contributed by atoms with Crippen molar-refractivity contribution in [2.24, 2.45) is 7.05 Å². The summed E-state index contributed by atoms with van der Waals surface area (Å²) in [5.41, 5.74) is 0.885. The number of hydrogen-bond acceptors (Lipinski definition) is 5. The summed E-state index contributed by atoms with van der Waals surface area (Å²) in [7, 11) is 1.84. The first-order valence-electron chi connectivity index (χ1n) is 6.85. The fourth-order valence-corrected chi connectivity index (χ4v) is 2.73. The van der Waals surface area contributed by atoms with Crippen molar-refractivity contribution in [2.45, 2.75) is 32.2 Å². The van der Waals surface area contributed by atoms with Gasteiger partial charge in [0, 0.05) is 36.3 Å². The molecule has 2 heterocycles. The van der Waals surface area contributed by atoms with E-state index in [0.717, 1.165) is 17.0 Å². The van der Waals surface area contributed by atoms with Gasteiger partial charge in [-0.1, -0.05) is 6.92 Å². The number of nitrogens with one attached hydrogen (secondary N) is 1. The van der Waals surface area contributed by atoms with E-state index in [9.17, 15) is 4.79 Å². The van der Waals surface area contributed by atoms with Crippen LogP contribution in [0.25, 0.3) is 10.6 Å². The van der Waals surface area contributed by atoms with Gasteiger partial charge in [0.2, 0.25) is 0 Å². The largest absolute Gasteiger partial charge is 0.396 e. The summed E-state index contributed by atoms with van der Waals surface area (Å²) in [6, 6.07) is 0. The quantitative estimate of drug-likeness (QED) is 0.853. The van der Waals surface area contributed by atoms with Gasteiger partial charge in [-0.15, -0.1) is 11.3 Å². The van der Waals surface area contributed by atoms with Crippen LogP contribution in [0.1, 0.15) is 37.2 Å². The second-order valence-corrected chi connectivity index (χ2v) is 6.14. The molecule has 1 amide bonds. The zero-order chi connectivity index (χ0) is 15.5. The number of aliphatic hydroxyl groups is 1. The van der Waals surface area contributed by atoms with Crippen LogP contribution in [0.5, 0.6) is 0 Å². The van der Waals surface area contributed by atoms with Crippen molar-refractivity contribution >= 4 is 17.2 Å². The first-order valence-corrected chi connectivity index (χ1v) is 7.73. The molecule has 0 saturated heterocycles. The summed E-state index contributed by atoms with van der Waals surface area (Å²) in [5, 5.41) is 18.7. The van der Waals surface area contributed by atoms with Gasteiger partial charge >= 0.3 is 0 Å². The van der Waals surface area contributed by atoms with Crippen LogP contribution in [0.4, 0.5) is 0 Å². The molecule has 6 nitrogen and oxygen atoms in total. The molecule has 0 spiro atoms. The maximum absolute atomic E-state index is 12.3. The zero-order valence-electron chi connectivity index (χ0n) is 12.5. The lowest BCUT2D eigenvalue weighted by Gasteiger charge is -2.28. The molecule has 2 aromatic rings. The standard InChI is InChI=1S/C14H20N4O2S/c1-4-14(2,5-6-19)17-12(20)11-9-21-13(16-11)10-7-15-18(3)8-10/h7-9,19H,4-6H2,1-3H3,(H,17,20). The molecule has 0 aliphatic rings. The zero-order valence-corrected chi connectivity index (χ0v) is 13.3. The smallest absolute Gasteiger partial charge is 0.271 e. The molecule has 2 aromatic heterocycles. The second-order valence-electron chi connectivity index (χ2n) is 5.28. The monoisotopic (exact) mass is 308 g/mol. The Morgan fingerprint density at radius 3 is 2.90 bits per heavy atom. The molecular weight excluding hydrogens is 288 g/mol. The molecule has 1 atom stereocenters. The highest BCUT2D eigenvalue weighted by atomic mass is 32.1. The summed E-state index contributed by atoms with van der Waals surface area (Å²) in [6.45, 7) is 3.95. The van der Waals surface area contributed by atoms with Crippen LogP contribution in [-0.4, -0.2) is 37.9 Å². The number of thiazole rings is 1. The highest BCUT2D eigenvalue weighted by molar-refractivity contribution is 7.13. The van der Waals surface area contributed by atoms with Crippen LogP contribution in [0.15, 0.2) is 17.8 Å². The third-order valence-corrected chi connectivity index (χ3v) is 4.44. The van der Waals surface area contributed by atoms with E-state index in [1.165, 1.54) is 11.3 Å². The van der Waals surface area contributed by atoms with Gasteiger partial charge in [0.15, 0.2) is 0 Å². The van der Waals surface area contributed by atoms with Crippen molar-refractivity contribution in [1.29, 1.82) is 0 Å². The predicted molar refractivity (Wildman–Crippen MR) is 82.2 cm³/mol. The Morgan fingerprint density at radius 2 is 2.33 bits per heavy atom. The average Bonchev–Trinajstić information content (AvgIpc) is 3.07. The summed E-state index contributed by atoms with van der Waals surface area (Å²) in [4.78, 5) is 16.6. The molecule has 0 saturated carbocycles. The Labute approximate surface area is 127 Å². The lowest BCUT2D eigenvalue weighted by atomic mass is 9.95. The number of carbonyl (C=O) groups excluding carboxylic acids is 1. The summed E-state index contributed by atoms with van der Waals surface area (Å²) in [5.74, 6) is -0.209. The lowest BCUT2D eigenvalue weighted by Crippen LogP contribution is -2.46. The summed E-state index contributed by atoms with van der Waals surface area (Å²) in [6.07, 6.45) is 4.86. The molecule has 2 N–H and O–H groups in total. The van der Waals surface area contributed by atoms with E-state index >= 15 is 0 Å². The third-order valence-electron chi connectivity index (χ3n) is 3.55. The van der Waals surface area contributed by atoms with Gasteiger partial charge in [0.25, 0.3) is 5.91 Å². The molecule has 0 aliphatic heterocycles. The predicted octanol–water partition coefficient (Wildman–Crippen LogP) is 1.82. The summed E-state index contributed by atoms with van der Waals surface area (Å²) >= 11 is 1.42. The van der Waals surface area contributed by atoms with E-state index in [4.69, 9.17) is 5.11 Å². The first-order chi connectivity index (χ1) is 9.97. The topological polar surface area (TPSA) is 80.0 Å².